The summed E-state index contributed by atoms with van der Waals surface area (Å²) in [6.07, 6.45) is 1.41. The number of para-hydroxylation sites is 1. The molecule has 1 aliphatic carbocycles. The zero-order valence-electron chi connectivity index (χ0n) is 21.4. The van der Waals surface area contributed by atoms with E-state index in [0.717, 1.165) is 23.1 Å². The van der Waals surface area contributed by atoms with Gasteiger partial charge in [-0.15, -0.1) is 0 Å². The van der Waals surface area contributed by atoms with Crippen molar-refractivity contribution in [2.75, 3.05) is 26.8 Å². The van der Waals surface area contributed by atoms with Crippen molar-refractivity contribution in [3.05, 3.63) is 101 Å². The standard InChI is InChI=1S/C29H32N2O4.CH2O/c1-3-35-28(33)29(21-11-5-4-6-12-21)18-17-25(22-13-7-9-15-24(22)29)30-19-20-31-27(32)23-14-8-10-16-26(23)34-2;1-2/h4-16,25,30H,3,17-20H2,1-2H3,(H,31,32);1H2/t25?,29-;/m0./s1. The molecule has 0 spiro atoms. The van der Waals surface area contributed by atoms with E-state index in [0.29, 0.717) is 37.4 Å². The summed E-state index contributed by atoms with van der Waals surface area (Å²) in [7, 11) is 1.56. The molecule has 0 aromatic heterocycles. The maximum atomic E-state index is 13.4. The largest absolute Gasteiger partial charge is 0.496 e. The lowest BCUT2D eigenvalue weighted by molar-refractivity contribution is -0.149. The fourth-order valence-corrected chi connectivity index (χ4v) is 5.01. The van der Waals surface area contributed by atoms with Crippen LogP contribution in [-0.2, 0) is 19.7 Å². The van der Waals surface area contributed by atoms with Crippen LogP contribution in [0.1, 0.15) is 52.9 Å². The molecule has 0 bridgehead atoms. The van der Waals surface area contributed by atoms with Gasteiger partial charge in [-0.1, -0.05) is 66.7 Å². The zero-order valence-corrected chi connectivity index (χ0v) is 21.4. The Morgan fingerprint density at radius 2 is 1.62 bits per heavy atom. The predicted octanol–water partition coefficient (Wildman–Crippen LogP) is 4.21. The second-order valence-corrected chi connectivity index (χ2v) is 8.58. The Kier molecular flexibility index (Phi) is 9.98. The molecule has 0 heterocycles. The molecule has 3 aromatic rings. The fraction of sp³-hybridized carbons (Fsp3) is 0.300. The molecule has 7 nitrogen and oxygen atoms in total. The van der Waals surface area contributed by atoms with Crippen LogP contribution in [-0.4, -0.2) is 45.5 Å². The molecule has 7 heteroatoms. The number of hydrogen-bond acceptors (Lipinski definition) is 6. The maximum Gasteiger partial charge on any atom is 0.321 e. The number of rotatable bonds is 9. The number of ether oxygens (including phenoxy) is 2. The van der Waals surface area contributed by atoms with Gasteiger partial charge in [0.15, 0.2) is 0 Å². The van der Waals surface area contributed by atoms with Gasteiger partial charge >= 0.3 is 5.97 Å². The minimum absolute atomic E-state index is 0.0700. The molecule has 4 rings (SSSR count). The van der Waals surface area contributed by atoms with Crippen molar-refractivity contribution in [3.8, 4) is 5.75 Å². The number of carbonyl (C=O) groups excluding carboxylic acids is 3. The molecule has 0 aliphatic heterocycles. The summed E-state index contributed by atoms with van der Waals surface area (Å²) < 4.78 is 10.9. The van der Waals surface area contributed by atoms with E-state index in [1.165, 1.54) is 0 Å². The molecular formula is C30H34N2O5. The summed E-state index contributed by atoms with van der Waals surface area (Å²) in [6, 6.07) is 25.3. The summed E-state index contributed by atoms with van der Waals surface area (Å²) in [6.45, 7) is 5.24. The van der Waals surface area contributed by atoms with Crippen LogP contribution in [0, 0.1) is 0 Å². The van der Waals surface area contributed by atoms with Crippen LogP contribution in [0.3, 0.4) is 0 Å². The number of carbonyl (C=O) groups is 3. The van der Waals surface area contributed by atoms with Gasteiger partial charge in [0.2, 0.25) is 0 Å². The minimum Gasteiger partial charge on any atom is -0.496 e. The third-order valence-electron chi connectivity index (χ3n) is 6.65. The normalized spacial score (nSPS) is 17.9. The Morgan fingerprint density at radius 3 is 2.35 bits per heavy atom. The van der Waals surface area contributed by atoms with Crippen LogP contribution in [0.25, 0.3) is 0 Å². The number of benzene rings is 3. The molecule has 37 heavy (non-hydrogen) atoms. The number of amides is 1. The van der Waals surface area contributed by atoms with Gasteiger partial charge in [0.05, 0.1) is 19.3 Å². The number of fused-ring (bicyclic) bond motifs is 1. The topological polar surface area (TPSA) is 93.7 Å². The summed E-state index contributed by atoms with van der Waals surface area (Å²) in [5.41, 5.74) is 2.70. The van der Waals surface area contributed by atoms with Gasteiger partial charge in [0, 0.05) is 19.1 Å². The third-order valence-corrected chi connectivity index (χ3v) is 6.65. The van der Waals surface area contributed by atoms with Crippen molar-refractivity contribution in [2.24, 2.45) is 0 Å². The molecule has 1 unspecified atom stereocenters. The van der Waals surface area contributed by atoms with E-state index in [-0.39, 0.29) is 17.9 Å². The Hall–Kier alpha value is -3.97. The van der Waals surface area contributed by atoms with E-state index in [4.69, 9.17) is 14.3 Å². The van der Waals surface area contributed by atoms with Gasteiger partial charge in [-0.25, -0.2) is 0 Å². The van der Waals surface area contributed by atoms with Crippen molar-refractivity contribution < 1.29 is 23.9 Å². The van der Waals surface area contributed by atoms with Crippen LogP contribution in [0.2, 0.25) is 0 Å². The van der Waals surface area contributed by atoms with Crippen LogP contribution < -0.4 is 15.4 Å². The highest BCUT2D eigenvalue weighted by Crippen LogP contribution is 2.47. The SMILES string of the molecule is C=O.CCOC(=O)[C@]1(c2ccccc2)CCC(NCCNC(=O)c2ccccc2OC)c2ccccc21. The lowest BCUT2D eigenvalue weighted by atomic mass is 9.64. The average Bonchev–Trinajstić information content (AvgIpc) is 2.96. The Labute approximate surface area is 218 Å². The van der Waals surface area contributed by atoms with Gasteiger partial charge in [-0.3, -0.25) is 9.59 Å². The van der Waals surface area contributed by atoms with Crippen molar-refractivity contribution >= 4 is 18.7 Å². The smallest absolute Gasteiger partial charge is 0.321 e. The highest BCUT2D eigenvalue weighted by Gasteiger charge is 2.48. The highest BCUT2D eigenvalue weighted by atomic mass is 16.5. The monoisotopic (exact) mass is 502 g/mol. The van der Waals surface area contributed by atoms with Crippen LogP contribution in [0.4, 0.5) is 0 Å². The second kappa shape index (κ2) is 13.4. The Bertz CT molecular complexity index is 1180. The Morgan fingerprint density at radius 1 is 0.946 bits per heavy atom. The van der Waals surface area contributed by atoms with Crippen molar-refractivity contribution in [1.82, 2.24) is 10.6 Å². The first-order valence-electron chi connectivity index (χ1n) is 12.4. The molecule has 2 N–H and O–H groups in total. The van der Waals surface area contributed by atoms with E-state index in [1.54, 1.807) is 19.2 Å². The van der Waals surface area contributed by atoms with E-state index >= 15 is 0 Å². The fourth-order valence-electron chi connectivity index (χ4n) is 5.01. The van der Waals surface area contributed by atoms with Gasteiger partial charge in [-0.05, 0) is 48.6 Å². The molecule has 0 radical (unpaired) electrons. The molecule has 1 amide bonds. The van der Waals surface area contributed by atoms with Gasteiger partial charge < -0.3 is 24.9 Å². The number of esters is 1. The molecule has 1 aliphatic rings. The predicted molar refractivity (Wildman–Crippen MR) is 143 cm³/mol. The van der Waals surface area contributed by atoms with E-state index in [1.807, 2.05) is 74.4 Å². The molecular weight excluding hydrogens is 468 g/mol. The average molecular weight is 503 g/mol. The lowest BCUT2D eigenvalue weighted by Crippen LogP contribution is -2.45. The van der Waals surface area contributed by atoms with Crippen LogP contribution in [0.5, 0.6) is 5.75 Å². The first-order valence-corrected chi connectivity index (χ1v) is 12.4. The van der Waals surface area contributed by atoms with Crippen molar-refractivity contribution in [1.29, 1.82) is 0 Å². The quantitative estimate of drug-likeness (QED) is 0.336. The zero-order chi connectivity index (χ0) is 26.7. The molecule has 0 saturated carbocycles. The molecule has 3 aromatic carbocycles. The summed E-state index contributed by atoms with van der Waals surface area (Å²) in [5, 5.41) is 6.53. The summed E-state index contributed by atoms with van der Waals surface area (Å²) in [4.78, 5) is 34.0. The van der Waals surface area contributed by atoms with Gasteiger partial charge in [0.1, 0.15) is 18.0 Å². The number of hydrogen-bond donors (Lipinski definition) is 2. The van der Waals surface area contributed by atoms with Gasteiger partial charge in [0.25, 0.3) is 5.91 Å². The Balaban J connectivity index is 0.00000186. The van der Waals surface area contributed by atoms with E-state index in [9.17, 15) is 9.59 Å². The van der Waals surface area contributed by atoms with Crippen LogP contribution >= 0.6 is 0 Å². The highest BCUT2D eigenvalue weighted by molar-refractivity contribution is 5.96. The molecule has 194 valence electrons. The summed E-state index contributed by atoms with van der Waals surface area (Å²) >= 11 is 0. The number of methoxy groups -OCH3 is 1. The third kappa shape index (κ3) is 5.89. The van der Waals surface area contributed by atoms with E-state index in [2.05, 4.69) is 16.7 Å². The van der Waals surface area contributed by atoms with E-state index < -0.39 is 5.41 Å². The maximum absolute atomic E-state index is 13.4. The first-order chi connectivity index (χ1) is 18.1. The minimum atomic E-state index is -0.829. The summed E-state index contributed by atoms with van der Waals surface area (Å²) in [5.74, 6) is 0.176. The second-order valence-electron chi connectivity index (χ2n) is 8.58. The van der Waals surface area contributed by atoms with Gasteiger partial charge in [-0.2, -0.15) is 0 Å². The molecule has 2 atom stereocenters. The first kappa shape index (κ1) is 27.6. The molecule has 0 fully saturated rings. The van der Waals surface area contributed by atoms with Crippen molar-refractivity contribution in [2.45, 2.75) is 31.2 Å². The lowest BCUT2D eigenvalue weighted by Gasteiger charge is -2.40. The van der Waals surface area contributed by atoms with Crippen molar-refractivity contribution in [3.63, 3.8) is 0 Å². The number of nitrogens with one attached hydrogen (secondary N) is 2. The molecule has 0 saturated heterocycles. The van der Waals surface area contributed by atoms with Crippen LogP contribution in [0.15, 0.2) is 78.9 Å².